The van der Waals surface area contributed by atoms with E-state index >= 15 is 0 Å². The molecule has 1 atom stereocenters. The van der Waals surface area contributed by atoms with E-state index in [1.54, 1.807) is 18.2 Å². The number of fused-ring (bicyclic) bond motifs is 1. The van der Waals surface area contributed by atoms with Gasteiger partial charge in [-0.2, -0.15) is 4.74 Å². The van der Waals surface area contributed by atoms with Gasteiger partial charge in [-0.1, -0.05) is 41.9 Å². The van der Waals surface area contributed by atoms with Gasteiger partial charge in [-0.15, -0.1) is 0 Å². The van der Waals surface area contributed by atoms with E-state index < -0.39 is 11.9 Å². The van der Waals surface area contributed by atoms with Crippen LogP contribution < -0.4 is 5.32 Å². The third-order valence-corrected chi connectivity index (χ3v) is 3.42. The van der Waals surface area contributed by atoms with E-state index in [0.29, 0.717) is 21.0 Å². The van der Waals surface area contributed by atoms with Gasteiger partial charge < -0.3 is 10.5 Å². The Morgan fingerprint density at radius 1 is 1.15 bits per heavy atom. The maximum atomic E-state index is 12.3. The third-order valence-electron chi connectivity index (χ3n) is 3.18. The number of nitrogens with one attached hydrogen (secondary N) is 1. The molecule has 2 aromatic rings. The van der Waals surface area contributed by atoms with E-state index in [1.165, 1.54) is 0 Å². The lowest BCUT2D eigenvalue weighted by atomic mass is 9.97. The number of hydrogen-bond donors (Lipinski definition) is 1. The Bertz CT molecular complexity index is 698. The second-order valence-corrected chi connectivity index (χ2v) is 4.96. The molecule has 1 heterocycles. The number of carbonyl (C=O) groups is 1. The minimum absolute atomic E-state index is 0.443. The van der Waals surface area contributed by atoms with Crippen LogP contribution >= 0.6 is 11.6 Å². The van der Waals surface area contributed by atoms with E-state index in [0.717, 1.165) is 11.8 Å². The molecule has 0 fully saturated rings. The van der Waals surface area contributed by atoms with E-state index in [-0.39, 0.29) is 0 Å². The molecule has 3 rings (SSSR count). The summed E-state index contributed by atoms with van der Waals surface area (Å²) in [5.41, 5.74) is 2.09. The van der Waals surface area contributed by atoms with Crippen LogP contribution in [0.4, 0.5) is 5.69 Å². The fraction of sp³-hybridized carbons (Fsp3) is 0.0667. The quantitative estimate of drug-likeness (QED) is 0.647. The molecule has 0 saturated carbocycles. The predicted molar refractivity (Wildman–Crippen MR) is 78.1 cm³/mol. The van der Waals surface area contributed by atoms with Crippen molar-refractivity contribution in [1.29, 1.82) is 0 Å². The summed E-state index contributed by atoms with van der Waals surface area (Å²) < 4.78 is 0.660. The maximum absolute atomic E-state index is 12.3. The Balaban J connectivity index is 2.23. The van der Waals surface area contributed by atoms with Crippen LogP contribution in [0.1, 0.15) is 17.2 Å². The van der Waals surface area contributed by atoms with Crippen LogP contribution in [0, 0.1) is 5.21 Å². The molecule has 20 heavy (non-hydrogen) atoms. The summed E-state index contributed by atoms with van der Waals surface area (Å²) in [7, 11) is 0. The molecule has 0 spiro atoms. The van der Waals surface area contributed by atoms with E-state index in [2.05, 4.69) is 5.32 Å². The predicted octanol–water partition coefficient (Wildman–Crippen LogP) is 2.96. The first-order valence-corrected chi connectivity index (χ1v) is 6.48. The molecule has 5 heteroatoms. The van der Waals surface area contributed by atoms with Crippen molar-refractivity contribution in [2.45, 2.75) is 6.04 Å². The number of hydrogen-bond acceptors (Lipinski definition) is 2. The minimum Gasteiger partial charge on any atom is -0.623 e. The van der Waals surface area contributed by atoms with Crippen LogP contribution in [0.3, 0.4) is 0 Å². The summed E-state index contributed by atoms with van der Waals surface area (Å²) in [6.07, 6.45) is 1.02. The van der Waals surface area contributed by atoms with E-state index in [1.807, 2.05) is 30.3 Å². The highest BCUT2D eigenvalue weighted by atomic mass is 35.5. The SMILES string of the molecule is O=C1C=[N+]([O-])[C@@H](c2ccccc2)c2cc(Cl)ccc2N1. The molecule has 0 bridgehead atoms. The van der Waals surface area contributed by atoms with Crippen molar-refractivity contribution in [1.82, 2.24) is 0 Å². The van der Waals surface area contributed by atoms with Gasteiger partial charge in [-0.05, 0) is 18.2 Å². The summed E-state index contributed by atoms with van der Waals surface area (Å²) in [6, 6.07) is 13.8. The molecule has 1 N–H and O–H groups in total. The Labute approximate surface area is 120 Å². The zero-order valence-corrected chi connectivity index (χ0v) is 11.2. The van der Waals surface area contributed by atoms with Gasteiger partial charge in [0, 0.05) is 10.6 Å². The van der Waals surface area contributed by atoms with Gasteiger partial charge in [0.15, 0.2) is 0 Å². The van der Waals surface area contributed by atoms with E-state index in [4.69, 9.17) is 11.6 Å². The molecule has 2 aromatic carbocycles. The van der Waals surface area contributed by atoms with Crippen LogP contribution in [0.5, 0.6) is 0 Å². The fourth-order valence-corrected chi connectivity index (χ4v) is 2.51. The molecule has 0 unspecified atom stereocenters. The molecule has 1 aliphatic rings. The Morgan fingerprint density at radius 3 is 2.65 bits per heavy atom. The monoisotopic (exact) mass is 286 g/mol. The number of carbonyl (C=O) groups excluding carboxylic acids is 1. The summed E-state index contributed by atoms with van der Waals surface area (Å²) >= 11 is 6.02. The number of halogens is 1. The average molecular weight is 287 g/mol. The highest BCUT2D eigenvalue weighted by Gasteiger charge is 2.29. The smallest absolute Gasteiger partial charge is 0.313 e. The van der Waals surface area contributed by atoms with Gasteiger partial charge in [-0.25, -0.2) is 0 Å². The molecular formula is C15H11ClN2O2. The van der Waals surface area contributed by atoms with Crippen molar-refractivity contribution >= 4 is 29.4 Å². The Hall–Kier alpha value is -2.33. The first kappa shape index (κ1) is 12.7. The largest absolute Gasteiger partial charge is 0.623 e. The molecule has 100 valence electrons. The molecule has 1 aliphatic heterocycles. The summed E-state index contributed by atoms with van der Waals surface area (Å²) in [4.78, 5) is 11.7. The van der Waals surface area contributed by atoms with Crippen LogP contribution in [0.2, 0.25) is 5.02 Å². The van der Waals surface area contributed by atoms with Crippen LogP contribution in [-0.2, 0) is 4.79 Å². The molecule has 4 nitrogen and oxygen atoms in total. The van der Waals surface area contributed by atoms with Crippen molar-refractivity contribution in [3.8, 4) is 0 Å². The highest BCUT2D eigenvalue weighted by Crippen LogP contribution is 2.34. The summed E-state index contributed by atoms with van der Waals surface area (Å²) in [5, 5.41) is 15.5. The van der Waals surface area contributed by atoms with Crippen molar-refractivity contribution in [2.24, 2.45) is 0 Å². The molecule has 0 aromatic heterocycles. The lowest BCUT2D eigenvalue weighted by Crippen LogP contribution is -2.18. The number of rotatable bonds is 1. The second-order valence-electron chi connectivity index (χ2n) is 4.52. The van der Waals surface area contributed by atoms with Crippen molar-refractivity contribution in [3.05, 3.63) is 69.9 Å². The zero-order valence-electron chi connectivity index (χ0n) is 10.4. The first-order chi connectivity index (χ1) is 9.65. The second kappa shape index (κ2) is 4.98. The van der Waals surface area contributed by atoms with Gasteiger partial charge in [0.25, 0.3) is 0 Å². The fourth-order valence-electron chi connectivity index (χ4n) is 2.33. The summed E-state index contributed by atoms with van der Waals surface area (Å²) in [5.74, 6) is -0.443. The van der Waals surface area contributed by atoms with Gasteiger partial charge >= 0.3 is 5.91 Å². The normalized spacial score (nSPS) is 17.8. The standard InChI is InChI=1S/C15H11ClN2O2/c16-11-6-7-13-12(8-11)15(10-4-2-1-3-5-10)18(20)9-14(19)17-13/h1-9,15H,(H,17,19)/t15-/m0/s1. The number of anilines is 1. The van der Waals surface area contributed by atoms with Gasteiger partial charge in [0.05, 0.1) is 11.3 Å². The Kier molecular flexibility index (Phi) is 3.16. The van der Waals surface area contributed by atoms with Crippen LogP contribution in [0.15, 0.2) is 48.5 Å². The van der Waals surface area contributed by atoms with Gasteiger partial charge in [0.2, 0.25) is 12.3 Å². The number of hydroxylamine groups is 1. The Morgan fingerprint density at radius 2 is 1.90 bits per heavy atom. The molecule has 0 radical (unpaired) electrons. The van der Waals surface area contributed by atoms with Gasteiger partial charge in [0.1, 0.15) is 0 Å². The molecule has 0 saturated heterocycles. The number of nitrogens with zero attached hydrogens (tertiary/aromatic N) is 1. The number of benzene rings is 2. The van der Waals surface area contributed by atoms with Crippen LogP contribution in [-0.4, -0.2) is 16.9 Å². The van der Waals surface area contributed by atoms with Crippen molar-refractivity contribution in [3.63, 3.8) is 0 Å². The van der Waals surface area contributed by atoms with Gasteiger partial charge in [-0.3, -0.25) is 4.79 Å². The van der Waals surface area contributed by atoms with Crippen LogP contribution in [0.25, 0.3) is 0 Å². The zero-order chi connectivity index (χ0) is 14.1. The highest BCUT2D eigenvalue weighted by molar-refractivity contribution is 6.32. The summed E-state index contributed by atoms with van der Waals surface area (Å²) in [6.45, 7) is 0. The molecule has 0 aliphatic carbocycles. The maximum Gasteiger partial charge on any atom is 0.313 e. The number of amides is 1. The first-order valence-electron chi connectivity index (χ1n) is 6.11. The van der Waals surface area contributed by atoms with E-state index in [9.17, 15) is 10.0 Å². The van der Waals surface area contributed by atoms with Crippen molar-refractivity contribution < 1.29 is 9.53 Å². The molecule has 1 amide bonds. The lowest BCUT2D eigenvalue weighted by molar-refractivity contribution is -0.489. The van der Waals surface area contributed by atoms with Crippen molar-refractivity contribution in [2.75, 3.05) is 5.32 Å². The third kappa shape index (κ3) is 2.26. The average Bonchev–Trinajstić information content (AvgIpc) is 2.54. The minimum atomic E-state index is -0.594. The topological polar surface area (TPSA) is 55.2 Å². The molecular weight excluding hydrogens is 276 g/mol. The lowest BCUT2D eigenvalue weighted by Gasteiger charge is -2.17.